The van der Waals surface area contributed by atoms with E-state index in [2.05, 4.69) is 4.98 Å². The molecule has 1 N–H and O–H groups in total. The number of hydrogen-bond acceptors (Lipinski definition) is 2. The highest BCUT2D eigenvalue weighted by atomic mass is 35.5. The maximum atomic E-state index is 11.3. The Hall–Kier alpha value is -1.61. The molecule has 1 aromatic carbocycles. The minimum absolute atomic E-state index is 0.0329. The summed E-state index contributed by atoms with van der Waals surface area (Å²) in [6, 6.07) is 8.19. The van der Waals surface area contributed by atoms with Crippen molar-refractivity contribution >= 4 is 28.3 Å². The van der Waals surface area contributed by atoms with Gasteiger partial charge < -0.3 is 4.98 Å². The van der Waals surface area contributed by atoms with Crippen molar-refractivity contribution in [2.75, 3.05) is 5.88 Å². The van der Waals surface area contributed by atoms with E-state index in [0.717, 1.165) is 5.39 Å². The molecule has 0 amide bonds. The summed E-state index contributed by atoms with van der Waals surface area (Å²) in [6.45, 7) is 0. The summed E-state index contributed by atoms with van der Waals surface area (Å²) in [5.74, 6) is -0.153. The Kier molecular flexibility index (Phi) is 2.56. The number of pyridine rings is 1. The molecule has 2 aromatic rings. The van der Waals surface area contributed by atoms with E-state index in [4.69, 9.17) is 11.6 Å². The molecular weight excluding hydrogens is 214 g/mol. The van der Waals surface area contributed by atoms with Crippen LogP contribution in [0.15, 0.2) is 35.1 Å². The fourth-order valence-electron chi connectivity index (χ4n) is 1.40. The molecule has 0 bridgehead atoms. The van der Waals surface area contributed by atoms with Gasteiger partial charge >= 0.3 is 0 Å². The van der Waals surface area contributed by atoms with Crippen LogP contribution < -0.4 is 5.56 Å². The van der Waals surface area contributed by atoms with Crippen LogP contribution in [0.5, 0.6) is 0 Å². The van der Waals surface area contributed by atoms with Crippen LogP contribution >= 0.6 is 11.6 Å². The first-order valence-corrected chi connectivity index (χ1v) is 4.96. The second kappa shape index (κ2) is 3.87. The fraction of sp³-hybridized carbons (Fsp3) is 0.0909. The van der Waals surface area contributed by atoms with Crippen molar-refractivity contribution in [3.63, 3.8) is 0 Å². The average Bonchev–Trinajstić information content (AvgIpc) is 2.27. The predicted molar refractivity (Wildman–Crippen MR) is 59.6 cm³/mol. The van der Waals surface area contributed by atoms with Gasteiger partial charge in [-0.15, -0.1) is 11.6 Å². The number of halogens is 1. The van der Waals surface area contributed by atoms with Crippen molar-refractivity contribution in [2.45, 2.75) is 0 Å². The summed E-state index contributed by atoms with van der Waals surface area (Å²) in [4.78, 5) is 25.0. The third-order valence-corrected chi connectivity index (χ3v) is 2.41. The van der Waals surface area contributed by atoms with E-state index >= 15 is 0 Å². The van der Waals surface area contributed by atoms with Crippen LogP contribution in [0.25, 0.3) is 10.9 Å². The molecule has 0 radical (unpaired) electrons. The number of hydrogen-bond donors (Lipinski definition) is 1. The van der Waals surface area contributed by atoms with Gasteiger partial charge in [-0.25, -0.2) is 0 Å². The van der Waals surface area contributed by atoms with Crippen molar-refractivity contribution in [1.29, 1.82) is 0 Å². The van der Waals surface area contributed by atoms with Crippen molar-refractivity contribution in [1.82, 2.24) is 4.98 Å². The second-order valence-corrected chi connectivity index (χ2v) is 3.45. The number of aromatic amines is 1. The van der Waals surface area contributed by atoms with Crippen molar-refractivity contribution < 1.29 is 4.79 Å². The van der Waals surface area contributed by atoms with Crippen LogP contribution in [-0.2, 0) is 0 Å². The van der Waals surface area contributed by atoms with Crippen LogP contribution in [0.2, 0.25) is 0 Å². The number of H-pyrrole nitrogens is 1. The minimum atomic E-state index is -0.154. The summed E-state index contributed by atoms with van der Waals surface area (Å²) in [5.41, 5.74) is 1.12. The highest BCUT2D eigenvalue weighted by Crippen LogP contribution is 2.12. The second-order valence-electron chi connectivity index (χ2n) is 3.18. The number of rotatable bonds is 2. The average molecular weight is 222 g/mol. The Balaban J connectivity index is 2.62. The summed E-state index contributed by atoms with van der Waals surface area (Å²) in [5, 5.41) is 0.825. The third-order valence-electron chi connectivity index (χ3n) is 2.17. The van der Waals surface area contributed by atoms with Gasteiger partial charge in [0.15, 0.2) is 5.78 Å². The number of carbonyl (C=O) groups excluding carboxylic acids is 1. The summed E-state index contributed by atoms with van der Waals surface area (Å²) in [7, 11) is 0. The summed E-state index contributed by atoms with van der Waals surface area (Å²) in [6.07, 6.45) is 0. The van der Waals surface area contributed by atoms with Crippen LogP contribution in [0.1, 0.15) is 10.4 Å². The minimum Gasteiger partial charge on any atom is -0.322 e. The molecule has 0 aliphatic heterocycles. The smallest absolute Gasteiger partial charge is 0.248 e. The Morgan fingerprint density at radius 1 is 1.27 bits per heavy atom. The molecule has 15 heavy (non-hydrogen) atoms. The first-order chi connectivity index (χ1) is 7.20. The van der Waals surface area contributed by atoms with E-state index < -0.39 is 0 Å². The molecule has 0 unspecified atom stereocenters. The number of aromatic nitrogens is 1. The van der Waals surface area contributed by atoms with Crippen LogP contribution in [0.4, 0.5) is 0 Å². The van der Waals surface area contributed by atoms with Gasteiger partial charge in [0.25, 0.3) is 0 Å². The van der Waals surface area contributed by atoms with Gasteiger partial charge in [-0.1, -0.05) is 0 Å². The third kappa shape index (κ3) is 1.92. The van der Waals surface area contributed by atoms with E-state index in [9.17, 15) is 9.59 Å². The molecule has 0 fully saturated rings. The number of Topliss-reactive ketones (excluding diaryl/α,β-unsaturated/α-hetero) is 1. The van der Waals surface area contributed by atoms with E-state index in [0.29, 0.717) is 11.1 Å². The summed E-state index contributed by atoms with van der Waals surface area (Å²) >= 11 is 5.46. The topological polar surface area (TPSA) is 49.9 Å². The van der Waals surface area contributed by atoms with Crippen LogP contribution in [0, 0.1) is 0 Å². The molecule has 0 aliphatic carbocycles. The highest BCUT2D eigenvalue weighted by Gasteiger charge is 2.04. The first kappa shape index (κ1) is 9.93. The molecule has 3 nitrogen and oxygen atoms in total. The zero-order chi connectivity index (χ0) is 10.8. The Morgan fingerprint density at radius 2 is 2.07 bits per heavy atom. The predicted octanol–water partition coefficient (Wildman–Crippen LogP) is 1.95. The number of alkyl halides is 1. The molecule has 1 aromatic heterocycles. The van der Waals surface area contributed by atoms with E-state index in [1.54, 1.807) is 24.3 Å². The van der Waals surface area contributed by atoms with Gasteiger partial charge in [0.1, 0.15) is 0 Å². The molecule has 0 spiro atoms. The molecule has 0 saturated heterocycles. The van der Waals surface area contributed by atoms with Crippen molar-refractivity contribution in [2.24, 2.45) is 0 Å². The van der Waals surface area contributed by atoms with Gasteiger partial charge in [-0.3, -0.25) is 9.59 Å². The lowest BCUT2D eigenvalue weighted by atomic mass is 10.1. The van der Waals surface area contributed by atoms with Crippen molar-refractivity contribution in [3.8, 4) is 0 Å². The lowest BCUT2D eigenvalue weighted by Gasteiger charge is -2.00. The maximum absolute atomic E-state index is 11.3. The SMILES string of the molecule is O=C(CCl)c1ccc2[nH]c(=O)ccc2c1. The number of ketones is 1. The standard InChI is InChI=1S/C11H8ClNO2/c12-6-10(14)8-1-3-9-7(5-8)2-4-11(15)13-9/h1-5H,6H2,(H,13,15). The van der Waals surface area contributed by atoms with Crippen molar-refractivity contribution in [3.05, 3.63) is 46.2 Å². The molecule has 0 saturated carbocycles. The van der Waals surface area contributed by atoms with Gasteiger partial charge in [0, 0.05) is 17.1 Å². The molecular formula is C11H8ClNO2. The Bertz CT molecular complexity index is 574. The molecule has 2 rings (SSSR count). The quantitative estimate of drug-likeness (QED) is 0.623. The monoisotopic (exact) mass is 221 g/mol. The van der Waals surface area contributed by atoms with Gasteiger partial charge in [-0.2, -0.15) is 0 Å². The summed E-state index contributed by atoms with van der Waals surface area (Å²) < 4.78 is 0. The zero-order valence-electron chi connectivity index (χ0n) is 7.79. The Labute approximate surface area is 90.7 Å². The fourth-order valence-corrected chi connectivity index (χ4v) is 1.56. The lowest BCUT2D eigenvalue weighted by molar-refractivity contribution is 0.102. The molecule has 0 aliphatic rings. The first-order valence-electron chi connectivity index (χ1n) is 4.43. The lowest BCUT2D eigenvalue weighted by Crippen LogP contribution is -2.04. The number of benzene rings is 1. The molecule has 76 valence electrons. The van der Waals surface area contributed by atoms with Gasteiger partial charge in [0.05, 0.1) is 5.88 Å². The van der Waals surface area contributed by atoms with E-state index in [-0.39, 0.29) is 17.2 Å². The molecule has 0 atom stereocenters. The maximum Gasteiger partial charge on any atom is 0.248 e. The van der Waals surface area contributed by atoms with E-state index in [1.165, 1.54) is 6.07 Å². The molecule has 4 heteroatoms. The number of fused-ring (bicyclic) bond motifs is 1. The van der Waals surface area contributed by atoms with Gasteiger partial charge in [-0.05, 0) is 29.7 Å². The largest absolute Gasteiger partial charge is 0.322 e. The van der Waals surface area contributed by atoms with Gasteiger partial charge in [0.2, 0.25) is 5.56 Å². The van der Waals surface area contributed by atoms with Crippen LogP contribution in [-0.4, -0.2) is 16.6 Å². The normalized spacial score (nSPS) is 10.5. The van der Waals surface area contributed by atoms with Crippen LogP contribution in [0.3, 0.4) is 0 Å². The highest BCUT2D eigenvalue weighted by molar-refractivity contribution is 6.30. The number of carbonyl (C=O) groups is 1. The number of nitrogens with one attached hydrogen (secondary N) is 1. The van der Waals surface area contributed by atoms with E-state index in [1.807, 2.05) is 0 Å². The Morgan fingerprint density at radius 3 is 2.80 bits per heavy atom. The zero-order valence-corrected chi connectivity index (χ0v) is 8.54. The molecule has 1 heterocycles.